The van der Waals surface area contributed by atoms with Crippen molar-refractivity contribution in [2.24, 2.45) is 5.73 Å². The van der Waals surface area contributed by atoms with Crippen LogP contribution in [0, 0.1) is 0 Å². The van der Waals surface area contributed by atoms with E-state index in [1.165, 1.54) is 11.8 Å². The predicted octanol–water partition coefficient (Wildman–Crippen LogP) is 1.40. The summed E-state index contributed by atoms with van der Waals surface area (Å²) >= 11 is 1.20. The van der Waals surface area contributed by atoms with Crippen LogP contribution in [0.1, 0.15) is 32.1 Å². The number of esters is 1. The molecule has 0 saturated carbocycles. The van der Waals surface area contributed by atoms with Gasteiger partial charge in [0.15, 0.2) is 0 Å². The normalized spacial score (nSPS) is 10.6. The Morgan fingerprint density at radius 2 is 2.22 bits per heavy atom. The molecule has 0 fully saturated rings. The number of carbonyl (C=O) groups excluding carboxylic acids is 1. The number of aromatic nitrogens is 2. The smallest absolute Gasteiger partial charge is 0.316 e. The lowest BCUT2D eigenvalue weighted by molar-refractivity contribution is -0.139. The largest absolute Gasteiger partial charge is 0.465 e. The number of hydrogen-bond donors (Lipinski definition) is 1. The number of carbonyl (C=O) groups is 1. The molecule has 1 rings (SSSR count). The molecule has 0 aliphatic carbocycles. The van der Waals surface area contributed by atoms with Crippen molar-refractivity contribution < 1.29 is 13.9 Å². The lowest BCUT2D eigenvalue weighted by Crippen LogP contribution is -2.06. The van der Waals surface area contributed by atoms with Gasteiger partial charge in [-0.2, -0.15) is 0 Å². The van der Waals surface area contributed by atoms with Crippen molar-refractivity contribution in [3.63, 3.8) is 0 Å². The molecule has 1 aromatic rings. The van der Waals surface area contributed by atoms with Crippen LogP contribution < -0.4 is 5.73 Å². The molecule has 0 unspecified atom stereocenters. The van der Waals surface area contributed by atoms with Crippen LogP contribution in [0.5, 0.6) is 0 Å². The van der Waals surface area contributed by atoms with Gasteiger partial charge in [0.1, 0.15) is 5.75 Å². The highest BCUT2D eigenvalue weighted by Crippen LogP contribution is 2.17. The molecule has 18 heavy (non-hydrogen) atoms. The fraction of sp³-hybridized carbons (Fsp3) is 0.727. The number of unbranched alkanes of at least 4 members (excludes halogenated alkanes) is 2. The van der Waals surface area contributed by atoms with Crippen molar-refractivity contribution in [1.82, 2.24) is 10.2 Å². The first kappa shape index (κ1) is 15.0. The molecular formula is C11H19N3O3S. The minimum absolute atomic E-state index is 0.197. The highest BCUT2D eigenvalue weighted by molar-refractivity contribution is 7.99. The van der Waals surface area contributed by atoms with Crippen molar-refractivity contribution in [3.8, 4) is 0 Å². The van der Waals surface area contributed by atoms with Crippen molar-refractivity contribution in [2.75, 3.05) is 18.9 Å². The zero-order chi connectivity index (χ0) is 13.2. The average Bonchev–Trinajstić information content (AvgIpc) is 2.81. The van der Waals surface area contributed by atoms with Gasteiger partial charge in [-0.05, 0) is 26.3 Å². The average molecular weight is 273 g/mol. The molecule has 0 atom stereocenters. The zero-order valence-electron chi connectivity index (χ0n) is 10.6. The van der Waals surface area contributed by atoms with Gasteiger partial charge in [0.2, 0.25) is 5.89 Å². The van der Waals surface area contributed by atoms with Gasteiger partial charge < -0.3 is 14.9 Å². The maximum atomic E-state index is 11.1. The molecule has 1 aromatic heterocycles. The van der Waals surface area contributed by atoms with Crippen molar-refractivity contribution in [3.05, 3.63) is 5.89 Å². The second-order valence-corrected chi connectivity index (χ2v) is 4.58. The third-order valence-corrected chi connectivity index (χ3v) is 2.95. The molecule has 0 amide bonds. The van der Waals surface area contributed by atoms with E-state index < -0.39 is 0 Å². The Hall–Kier alpha value is -1.08. The number of rotatable bonds is 9. The second kappa shape index (κ2) is 8.93. The monoisotopic (exact) mass is 273 g/mol. The topological polar surface area (TPSA) is 91.2 Å². The highest BCUT2D eigenvalue weighted by atomic mass is 32.2. The molecule has 2 N–H and O–H groups in total. The van der Waals surface area contributed by atoms with Crippen LogP contribution in [0.15, 0.2) is 9.64 Å². The minimum atomic E-state index is -0.273. The third-order valence-electron chi connectivity index (χ3n) is 2.16. The van der Waals surface area contributed by atoms with E-state index >= 15 is 0 Å². The van der Waals surface area contributed by atoms with E-state index in [-0.39, 0.29) is 11.7 Å². The van der Waals surface area contributed by atoms with Gasteiger partial charge in [-0.15, -0.1) is 10.2 Å². The first-order valence-corrected chi connectivity index (χ1v) is 7.05. The fourth-order valence-corrected chi connectivity index (χ4v) is 1.90. The number of thioether (sulfide) groups is 1. The molecule has 0 bridgehead atoms. The quantitative estimate of drug-likeness (QED) is 0.413. The standard InChI is InChI=1S/C11H19N3O3S/c1-2-16-10(15)8-18-11-14-13-9(17-11)6-4-3-5-7-12/h2-8,12H2,1H3. The van der Waals surface area contributed by atoms with Gasteiger partial charge in [0.05, 0.1) is 6.61 Å². The van der Waals surface area contributed by atoms with Crippen LogP contribution in [0.2, 0.25) is 0 Å². The van der Waals surface area contributed by atoms with Crippen molar-refractivity contribution >= 4 is 17.7 Å². The van der Waals surface area contributed by atoms with Gasteiger partial charge in [-0.25, -0.2) is 0 Å². The van der Waals surface area contributed by atoms with Crippen LogP contribution in [0.25, 0.3) is 0 Å². The summed E-state index contributed by atoms with van der Waals surface area (Å²) in [5.41, 5.74) is 5.41. The van der Waals surface area contributed by atoms with Crippen LogP contribution in [0.4, 0.5) is 0 Å². The molecule has 102 valence electrons. The summed E-state index contributed by atoms with van der Waals surface area (Å²) in [5.74, 6) is 0.534. The Morgan fingerprint density at radius 3 is 2.94 bits per heavy atom. The Labute approximate surface area is 111 Å². The molecule has 6 nitrogen and oxygen atoms in total. The summed E-state index contributed by atoms with van der Waals surface area (Å²) in [6.45, 7) is 2.87. The molecule has 0 spiro atoms. The van der Waals surface area contributed by atoms with Gasteiger partial charge in [-0.3, -0.25) is 4.79 Å². The first-order valence-electron chi connectivity index (χ1n) is 6.07. The first-order chi connectivity index (χ1) is 8.76. The van der Waals surface area contributed by atoms with E-state index in [0.29, 0.717) is 24.3 Å². The lowest BCUT2D eigenvalue weighted by Gasteiger charge is -1.98. The number of hydrogen-bond acceptors (Lipinski definition) is 7. The Morgan fingerprint density at radius 1 is 1.39 bits per heavy atom. The minimum Gasteiger partial charge on any atom is -0.465 e. The van der Waals surface area contributed by atoms with Gasteiger partial charge in [-0.1, -0.05) is 18.2 Å². The van der Waals surface area contributed by atoms with Crippen LogP contribution >= 0.6 is 11.8 Å². The summed E-state index contributed by atoms with van der Waals surface area (Å²) in [5, 5.41) is 8.19. The van der Waals surface area contributed by atoms with E-state index in [1.807, 2.05) is 0 Å². The molecule has 0 radical (unpaired) electrons. The van der Waals surface area contributed by atoms with Gasteiger partial charge >= 0.3 is 5.97 Å². The zero-order valence-corrected chi connectivity index (χ0v) is 11.4. The van der Waals surface area contributed by atoms with E-state index in [4.69, 9.17) is 14.9 Å². The van der Waals surface area contributed by atoms with E-state index in [2.05, 4.69) is 10.2 Å². The Kier molecular flexibility index (Phi) is 7.43. The number of ether oxygens (including phenoxy) is 1. The second-order valence-electron chi connectivity index (χ2n) is 3.65. The summed E-state index contributed by atoms with van der Waals surface area (Å²) in [7, 11) is 0. The number of aryl methyl sites for hydroxylation is 1. The Bertz CT molecular complexity index is 357. The predicted molar refractivity (Wildman–Crippen MR) is 68.3 cm³/mol. The molecule has 7 heteroatoms. The molecule has 0 saturated heterocycles. The molecule has 1 heterocycles. The van der Waals surface area contributed by atoms with E-state index in [9.17, 15) is 4.79 Å². The summed E-state index contributed by atoms with van der Waals surface area (Å²) < 4.78 is 10.2. The maximum absolute atomic E-state index is 11.1. The summed E-state index contributed by atoms with van der Waals surface area (Å²) in [6.07, 6.45) is 3.82. The number of nitrogens with zero attached hydrogens (tertiary/aromatic N) is 2. The van der Waals surface area contributed by atoms with Gasteiger partial charge in [0, 0.05) is 6.42 Å². The van der Waals surface area contributed by atoms with Crippen LogP contribution in [0.3, 0.4) is 0 Å². The SMILES string of the molecule is CCOC(=O)CSc1nnc(CCCCCN)o1. The summed E-state index contributed by atoms with van der Waals surface area (Å²) in [4.78, 5) is 11.1. The molecule has 0 aromatic carbocycles. The van der Waals surface area contributed by atoms with Crippen molar-refractivity contribution in [1.29, 1.82) is 0 Å². The van der Waals surface area contributed by atoms with Crippen LogP contribution in [-0.2, 0) is 16.0 Å². The summed E-state index contributed by atoms with van der Waals surface area (Å²) in [6, 6.07) is 0. The van der Waals surface area contributed by atoms with E-state index in [0.717, 1.165) is 25.7 Å². The Balaban J connectivity index is 2.23. The van der Waals surface area contributed by atoms with Crippen molar-refractivity contribution in [2.45, 2.75) is 37.8 Å². The third kappa shape index (κ3) is 6.02. The van der Waals surface area contributed by atoms with E-state index in [1.54, 1.807) is 6.92 Å². The fourth-order valence-electron chi connectivity index (χ4n) is 1.32. The molecular weight excluding hydrogens is 254 g/mol. The highest BCUT2D eigenvalue weighted by Gasteiger charge is 2.09. The maximum Gasteiger partial charge on any atom is 0.316 e. The molecule has 0 aliphatic heterocycles. The molecule has 0 aliphatic rings. The van der Waals surface area contributed by atoms with Crippen LogP contribution in [-0.4, -0.2) is 35.1 Å². The van der Waals surface area contributed by atoms with Gasteiger partial charge in [0.25, 0.3) is 5.22 Å². The number of nitrogens with two attached hydrogens (primary N) is 1. The lowest BCUT2D eigenvalue weighted by atomic mass is 10.2.